The van der Waals surface area contributed by atoms with Crippen molar-refractivity contribution in [1.82, 2.24) is 9.62 Å². The average molecular weight is 483 g/mol. The Morgan fingerprint density at radius 3 is 2.44 bits per heavy atom. The van der Waals surface area contributed by atoms with Crippen LogP contribution in [0.1, 0.15) is 49.8 Å². The van der Waals surface area contributed by atoms with Gasteiger partial charge in [-0.25, -0.2) is 4.31 Å². The van der Waals surface area contributed by atoms with Gasteiger partial charge in [0.2, 0.25) is 0 Å². The number of allylic oxidation sites excluding steroid dienone is 1. The van der Waals surface area contributed by atoms with Crippen molar-refractivity contribution in [2.75, 3.05) is 20.1 Å². The monoisotopic (exact) mass is 482 g/mol. The zero-order valence-electron chi connectivity index (χ0n) is 20.5. The topological polar surface area (TPSA) is 72.8 Å². The molecule has 3 N–H and O–H groups in total. The highest BCUT2D eigenvalue weighted by Gasteiger charge is 2.28. The van der Waals surface area contributed by atoms with E-state index in [0.717, 1.165) is 29.7 Å². The fraction of sp³-hybridized carbons (Fsp3) is 0.464. The maximum atomic E-state index is 10.6. The Morgan fingerprint density at radius 2 is 1.82 bits per heavy atom. The van der Waals surface area contributed by atoms with E-state index < -0.39 is 12.1 Å². The molecule has 1 atom stereocenters. The number of hydrogen-bond donors (Lipinski definition) is 3. The van der Waals surface area contributed by atoms with Crippen LogP contribution in [0.3, 0.4) is 0 Å². The minimum atomic E-state index is -0.778. The van der Waals surface area contributed by atoms with Crippen LogP contribution in [-0.4, -0.2) is 52.3 Å². The Kier molecular flexibility index (Phi) is 9.77. The number of aliphatic hydroxyl groups is 1. The number of nitrogens with zero attached hydrogens (tertiary/aromatic N) is 1. The van der Waals surface area contributed by atoms with Crippen LogP contribution in [0.2, 0.25) is 0 Å². The lowest BCUT2D eigenvalue weighted by Crippen LogP contribution is -2.46. The van der Waals surface area contributed by atoms with E-state index in [9.17, 15) is 9.90 Å². The maximum absolute atomic E-state index is 10.6. The molecule has 2 aromatic rings. The molecule has 1 aliphatic rings. The number of fused-ring (bicyclic) bond motifs is 1. The molecule has 1 aliphatic carbocycles. The summed E-state index contributed by atoms with van der Waals surface area (Å²) >= 11 is 1.61. The number of aliphatic carboxylic acids is 1. The van der Waals surface area contributed by atoms with E-state index in [1.807, 2.05) is 43.5 Å². The molecule has 0 spiro atoms. The second kappa shape index (κ2) is 12.5. The van der Waals surface area contributed by atoms with E-state index in [1.165, 1.54) is 11.1 Å². The van der Waals surface area contributed by atoms with Crippen LogP contribution in [0.5, 0.6) is 0 Å². The summed E-state index contributed by atoms with van der Waals surface area (Å²) in [4.78, 5) is 11.7. The lowest BCUT2D eigenvalue weighted by atomic mass is 9.88. The Morgan fingerprint density at radius 1 is 1.18 bits per heavy atom. The van der Waals surface area contributed by atoms with Gasteiger partial charge in [0.1, 0.15) is 0 Å². The molecule has 2 aromatic carbocycles. The Hall–Kier alpha value is -2.12. The Labute approximate surface area is 208 Å². The van der Waals surface area contributed by atoms with Crippen LogP contribution in [0.4, 0.5) is 0 Å². The van der Waals surface area contributed by atoms with Gasteiger partial charge in [-0.2, -0.15) is 0 Å². The number of carbonyl (C=O) groups is 1. The molecule has 0 unspecified atom stereocenters. The average Bonchev–Trinajstić information content (AvgIpc) is 3.18. The summed E-state index contributed by atoms with van der Waals surface area (Å²) in [6.07, 6.45) is 7.47. The van der Waals surface area contributed by atoms with Crippen molar-refractivity contribution in [3.63, 3.8) is 0 Å². The normalized spacial score (nSPS) is 15.2. The third-order valence-electron chi connectivity index (χ3n) is 6.20. The molecule has 0 aliphatic heterocycles. The van der Waals surface area contributed by atoms with Gasteiger partial charge >= 0.3 is 5.97 Å². The highest BCUT2D eigenvalue weighted by Crippen LogP contribution is 2.32. The second-order valence-electron chi connectivity index (χ2n) is 9.97. The fourth-order valence-electron chi connectivity index (χ4n) is 4.63. The van der Waals surface area contributed by atoms with Gasteiger partial charge in [-0.15, -0.1) is 0 Å². The molecule has 3 rings (SSSR count). The van der Waals surface area contributed by atoms with Crippen molar-refractivity contribution in [3.8, 4) is 0 Å². The summed E-state index contributed by atoms with van der Waals surface area (Å²) in [5.41, 5.74) is 4.01. The lowest BCUT2D eigenvalue weighted by molar-refractivity contribution is -0.136. The predicted molar refractivity (Wildman–Crippen MR) is 141 cm³/mol. The highest BCUT2D eigenvalue weighted by molar-refractivity contribution is 7.97. The molecule has 0 saturated heterocycles. The van der Waals surface area contributed by atoms with Gasteiger partial charge in [-0.3, -0.25) is 4.79 Å². The first-order valence-corrected chi connectivity index (χ1v) is 12.8. The molecular weight excluding hydrogens is 444 g/mol. The van der Waals surface area contributed by atoms with Crippen molar-refractivity contribution >= 4 is 24.0 Å². The van der Waals surface area contributed by atoms with Crippen molar-refractivity contribution in [2.45, 2.75) is 62.5 Å². The molecule has 0 heterocycles. The Balaban J connectivity index is 1.37. The van der Waals surface area contributed by atoms with Crippen molar-refractivity contribution in [2.24, 2.45) is 5.92 Å². The molecule has 0 radical (unpaired) electrons. The smallest absolute Gasteiger partial charge is 0.303 e. The number of hydrogen-bond acceptors (Lipinski definition) is 5. The van der Waals surface area contributed by atoms with Gasteiger partial charge in [0, 0.05) is 29.9 Å². The minimum absolute atomic E-state index is 0.0206. The van der Waals surface area contributed by atoms with Crippen LogP contribution in [0.15, 0.2) is 59.5 Å². The third-order valence-corrected chi connectivity index (χ3v) is 7.14. The van der Waals surface area contributed by atoms with Crippen molar-refractivity contribution in [1.29, 1.82) is 0 Å². The van der Waals surface area contributed by atoms with E-state index >= 15 is 0 Å². The van der Waals surface area contributed by atoms with Crippen LogP contribution < -0.4 is 5.32 Å². The quantitative estimate of drug-likeness (QED) is 0.348. The van der Waals surface area contributed by atoms with Gasteiger partial charge in [0.15, 0.2) is 0 Å². The fourth-order valence-corrected chi connectivity index (χ4v) is 5.49. The molecule has 5 nitrogen and oxygen atoms in total. The standard InChI is InChI=1S/C28H38N2O3S/c1-28(2,18-22-16-23-9-5-6-10-24(23)17-22)29-19-25(31)20-30(3)34-26-14-12-21(13-15-26)8-4-7-11-27(32)33/h4-6,8-10,12-15,22,25,29,31H,7,11,16-20H2,1-3H3,(H,32,33)/b8-4+/t25-/m1/s1. The van der Waals surface area contributed by atoms with Crippen LogP contribution in [-0.2, 0) is 17.6 Å². The zero-order valence-corrected chi connectivity index (χ0v) is 21.4. The van der Waals surface area contributed by atoms with Gasteiger partial charge < -0.3 is 15.5 Å². The summed E-state index contributed by atoms with van der Waals surface area (Å²) in [5.74, 6) is -0.120. The molecule has 0 fully saturated rings. The van der Waals surface area contributed by atoms with Crippen LogP contribution in [0.25, 0.3) is 6.08 Å². The molecule has 0 aromatic heterocycles. The zero-order chi connectivity index (χ0) is 24.6. The van der Waals surface area contributed by atoms with Gasteiger partial charge in [-0.05, 0) is 93.3 Å². The van der Waals surface area contributed by atoms with Crippen LogP contribution in [0, 0.1) is 5.92 Å². The molecular formula is C28H38N2O3S. The predicted octanol–water partition coefficient (Wildman–Crippen LogP) is 5.04. The number of carboxylic acid groups (broad SMARTS) is 1. The van der Waals surface area contributed by atoms with E-state index in [-0.39, 0.29) is 12.0 Å². The SMILES string of the molecule is CN(C[C@H](O)CNC(C)(C)CC1Cc2ccccc2C1)Sc1ccc(/C=C/CCC(=O)O)cc1. The summed E-state index contributed by atoms with van der Waals surface area (Å²) in [5, 5.41) is 22.9. The molecule has 0 amide bonds. The van der Waals surface area contributed by atoms with E-state index in [4.69, 9.17) is 5.11 Å². The first-order valence-electron chi connectivity index (χ1n) is 12.1. The van der Waals surface area contributed by atoms with Gasteiger partial charge in [-0.1, -0.05) is 48.6 Å². The first-order chi connectivity index (χ1) is 16.2. The van der Waals surface area contributed by atoms with Crippen molar-refractivity contribution in [3.05, 3.63) is 71.3 Å². The van der Waals surface area contributed by atoms with Crippen LogP contribution >= 0.6 is 11.9 Å². The lowest BCUT2D eigenvalue weighted by Gasteiger charge is -2.31. The number of carboxylic acids is 1. The molecule has 0 saturated carbocycles. The molecule has 34 heavy (non-hydrogen) atoms. The number of nitrogens with one attached hydrogen (secondary N) is 1. The summed E-state index contributed by atoms with van der Waals surface area (Å²) < 4.78 is 2.06. The van der Waals surface area contributed by atoms with Crippen molar-refractivity contribution < 1.29 is 15.0 Å². The number of rotatable bonds is 13. The minimum Gasteiger partial charge on any atom is -0.481 e. The summed E-state index contributed by atoms with van der Waals surface area (Å²) in [6.45, 7) is 5.61. The molecule has 0 bridgehead atoms. The second-order valence-corrected chi connectivity index (χ2v) is 11.2. The number of β-amino-alcohol motifs (C(OH)–C–C–N with tert-alkyl or cyclic N) is 1. The number of aliphatic hydroxyl groups excluding tert-OH is 1. The summed E-state index contributed by atoms with van der Waals surface area (Å²) in [6, 6.07) is 16.9. The maximum Gasteiger partial charge on any atom is 0.303 e. The highest BCUT2D eigenvalue weighted by atomic mass is 32.2. The first kappa shape index (κ1) is 26.5. The van der Waals surface area contributed by atoms with E-state index in [2.05, 4.69) is 47.7 Å². The van der Waals surface area contributed by atoms with Gasteiger partial charge in [0.05, 0.1) is 6.10 Å². The van der Waals surface area contributed by atoms with E-state index in [0.29, 0.717) is 25.4 Å². The number of likely N-dealkylation sites (N-methyl/N-ethyl adjacent to an activating group) is 1. The molecule has 6 heteroatoms. The largest absolute Gasteiger partial charge is 0.481 e. The van der Waals surface area contributed by atoms with E-state index in [1.54, 1.807) is 11.9 Å². The number of benzene rings is 2. The Bertz CT molecular complexity index is 933. The third kappa shape index (κ3) is 8.91. The molecule has 184 valence electrons. The summed E-state index contributed by atoms with van der Waals surface area (Å²) in [7, 11) is 1.99. The van der Waals surface area contributed by atoms with Gasteiger partial charge in [0.25, 0.3) is 0 Å².